The van der Waals surface area contributed by atoms with Gasteiger partial charge in [-0.3, -0.25) is 4.79 Å². The van der Waals surface area contributed by atoms with Crippen LogP contribution >= 0.6 is 12.2 Å². The highest BCUT2D eigenvalue weighted by molar-refractivity contribution is 7.81. The second-order valence-corrected chi connectivity index (χ2v) is 5.76. The molecule has 0 atom stereocenters. The Labute approximate surface area is 136 Å². The molecule has 22 heavy (non-hydrogen) atoms. The molecule has 2 aromatic rings. The number of hydrogen-bond donors (Lipinski definition) is 1. The van der Waals surface area contributed by atoms with Crippen LogP contribution in [0, 0.1) is 20.8 Å². The molecule has 112 valence electrons. The van der Waals surface area contributed by atoms with Crippen LogP contribution in [0.5, 0.6) is 0 Å². The quantitative estimate of drug-likeness (QED) is 0.511. The Morgan fingerprint density at radius 3 is 2.14 bits per heavy atom. The van der Waals surface area contributed by atoms with Crippen molar-refractivity contribution >= 4 is 28.7 Å². The van der Waals surface area contributed by atoms with Gasteiger partial charge in [0.15, 0.2) is 0 Å². The summed E-state index contributed by atoms with van der Waals surface area (Å²) in [5, 5.41) is 2.91. The molecule has 0 aromatic heterocycles. The van der Waals surface area contributed by atoms with Crippen LogP contribution in [0.25, 0.3) is 0 Å². The number of anilines is 1. The maximum Gasteiger partial charge on any atom is 0.248 e. The number of para-hydroxylation sites is 1. The Morgan fingerprint density at radius 1 is 0.955 bits per heavy atom. The molecular weight excluding hydrogens is 290 g/mol. The molecule has 0 aliphatic rings. The number of hydrogen-bond acceptors (Lipinski definition) is 2. The number of thiocarbonyl (C=S) groups is 1. The fourth-order valence-electron chi connectivity index (χ4n) is 2.14. The van der Waals surface area contributed by atoms with Gasteiger partial charge in [-0.1, -0.05) is 60.2 Å². The monoisotopic (exact) mass is 309 g/mol. The van der Waals surface area contributed by atoms with E-state index in [1.54, 1.807) is 6.08 Å². The molecule has 0 heterocycles. The first-order chi connectivity index (χ1) is 10.5. The first kappa shape index (κ1) is 16.1. The number of rotatable bonds is 4. The van der Waals surface area contributed by atoms with E-state index in [4.69, 9.17) is 12.2 Å². The summed E-state index contributed by atoms with van der Waals surface area (Å²) in [7, 11) is 0. The second kappa shape index (κ2) is 7.14. The number of carbonyl (C=O) groups excluding carboxylic acids is 1. The fourth-order valence-corrected chi connectivity index (χ4v) is 2.35. The molecular formula is C19H19NOS. The van der Waals surface area contributed by atoms with Crippen LogP contribution in [0.2, 0.25) is 0 Å². The summed E-state index contributed by atoms with van der Waals surface area (Å²) in [6, 6.07) is 13.9. The van der Waals surface area contributed by atoms with Crippen LogP contribution in [0.4, 0.5) is 5.69 Å². The Balaban J connectivity index is 2.05. The van der Waals surface area contributed by atoms with Crippen LogP contribution in [0.3, 0.4) is 0 Å². The molecule has 0 saturated heterocycles. The Morgan fingerprint density at radius 2 is 1.55 bits per heavy atom. The highest BCUT2D eigenvalue weighted by atomic mass is 32.1. The van der Waals surface area contributed by atoms with E-state index < -0.39 is 0 Å². The molecule has 2 rings (SSSR count). The van der Waals surface area contributed by atoms with Gasteiger partial charge in [0.1, 0.15) is 0 Å². The lowest BCUT2D eigenvalue weighted by Gasteiger charge is -2.09. The lowest BCUT2D eigenvalue weighted by atomic mass is 10.1. The van der Waals surface area contributed by atoms with Crippen molar-refractivity contribution < 1.29 is 4.79 Å². The molecule has 0 unspecified atom stereocenters. The summed E-state index contributed by atoms with van der Waals surface area (Å²) < 4.78 is 0. The van der Waals surface area contributed by atoms with E-state index in [1.165, 1.54) is 11.6 Å². The maximum atomic E-state index is 12.0. The smallest absolute Gasteiger partial charge is 0.248 e. The Hall–Kier alpha value is -2.26. The van der Waals surface area contributed by atoms with Gasteiger partial charge in [0.25, 0.3) is 0 Å². The third-order valence-corrected chi connectivity index (χ3v) is 3.82. The van der Waals surface area contributed by atoms with Gasteiger partial charge in [-0.25, -0.2) is 0 Å². The number of allylic oxidation sites excluding steroid dienone is 1. The van der Waals surface area contributed by atoms with Crippen LogP contribution in [0.15, 0.2) is 54.6 Å². The van der Waals surface area contributed by atoms with Gasteiger partial charge >= 0.3 is 0 Å². The highest BCUT2D eigenvalue weighted by Crippen LogP contribution is 2.19. The minimum absolute atomic E-state index is 0.174. The molecule has 2 aromatic carbocycles. The summed E-state index contributed by atoms with van der Waals surface area (Å²) in [6.45, 7) is 5.98. The zero-order valence-corrected chi connectivity index (χ0v) is 13.8. The van der Waals surface area contributed by atoms with E-state index >= 15 is 0 Å². The second-order valence-electron chi connectivity index (χ2n) is 5.32. The zero-order valence-electron chi connectivity index (χ0n) is 13.0. The van der Waals surface area contributed by atoms with Crippen LogP contribution in [-0.2, 0) is 4.79 Å². The standard InChI is InChI=1S/C19H19NOS/c1-13-7-9-16(10-8-13)17(22)11-12-18(21)20-19-14(2)5-4-6-15(19)3/h4-12H,1-3H3,(H,20,21)/b12-11+. The molecule has 3 heteroatoms. The van der Waals surface area contributed by atoms with Crippen molar-refractivity contribution in [1.29, 1.82) is 0 Å². The van der Waals surface area contributed by atoms with Crippen molar-refractivity contribution in [3.8, 4) is 0 Å². The predicted octanol–water partition coefficient (Wildman–Crippen LogP) is 4.52. The Kier molecular flexibility index (Phi) is 5.23. The van der Waals surface area contributed by atoms with Crippen molar-refractivity contribution in [1.82, 2.24) is 0 Å². The molecule has 1 N–H and O–H groups in total. The van der Waals surface area contributed by atoms with Crippen molar-refractivity contribution in [2.75, 3.05) is 5.32 Å². The molecule has 0 bridgehead atoms. The minimum Gasteiger partial charge on any atom is -0.322 e. The van der Waals surface area contributed by atoms with Crippen LogP contribution < -0.4 is 5.32 Å². The maximum absolute atomic E-state index is 12.0. The van der Waals surface area contributed by atoms with Gasteiger partial charge < -0.3 is 5.32 Å². The van der Waals surface area contributed by atoms with Crippen molar-refractivity contribution in [3.63, 3.8) is 0 Å². The number of nitrogens with one attached hydrogen (secondary N) is 1. The summed E-state index contributed by atoms with van der Waals surface area (Å²) in [4.78, 5) is 12.7. The summed E-state index contributed by atoms with van der Waals surface area (Å²) in [5.74, 6) is -0.174. The van der Waals surface area contributed by atoms with Gasteiger partial charge in [0.2, 0.25) is 5.91 Å². The van der Waals surface area contributed by atoms with E-state index in [0.29, 0.717) is 4.86 Å². The molecule has 2 nitrogen and oxygen atoms in total. The predicted molar refractivity (Wildman–Crippen MR) is 96.6 cm³/mol. The van der Waals surface area contributed by atoms with E-state index in [2.05, 4.69) is 5.32 Å². The van der Waals surface area contributed by atoms with E-state index in [9.17, 15) is 4.79 Å². The largest absolute Gasteiger partial charge is 0.322 e. The van der Waals surface area contributed by atoms with E-state index in [0.717, 1.165) is 22.4 Å². The normalized spacial score (nSPS) is 10.7. The number of aryl methyl sites for hydroxylation is 3. The zero-order chi connectivity index (χ0) is 16.1. The van der Waals surface area contributed by atoms with E-state index in [-0.39, 0.29) is 5.91 Å². The lowest BCUT2D eigenvalue weighted by Crippen LogP contribution is -2.11. The molecule has 0 aliphatic carbocycles. The van der Waals surface area contributed by atoms with E-state index in [1.807, 2.05) is 63.2 Å². The average Bonchev–Trinajstić information content (AvgIpc) is 2.49. The highest BCUT2D eigenvalue weighted by Gasteiger charge is 2.05. The van der Waals surface area contributed by atoms with Gasteiger partial charge in [0, 0.05) is 16.6 Å². The molecule has 0 spiro atoms. The number of benzene rings is 2. The molecule has 0 saturated carbocycles. The molecule has 0 radical (unpaired) electrons. The van der Waals surface area contributed by atoms with Crippen LogP contribution in [-0.4, -0.2) is 10.8 Å². The number of amides is 1. The molecule has 1 amide bonds. The SMILES string of the molecule is Cc1ccc(C(=S)/C=C/C(=O)Nc2c(C)cccc2C)cc1. The fraction of sp³-hybridized carbons (Fsp3) is 0.158. The summed E-state index contributed by atoms with van der Waals surface area (Å²) in [5.41, 5.74) is 5.07. The first-order valence-corrected chi connectivity index (χ1v) is 7.54. The van der Waals surface area contributed by atoms with Gasteiger partial charge in [0.05, 0.1) is 0 Å². The lowest BCUT2D eigenvalue weighted by molar-refractivity contribution is -0.111. The topological polar surface area (TPSA) is 29.1 Å². The third-order valence-electron chi connectivity index (χ3n) is 3.45. The average molecular weight is 309 g/mol. The van der Waals surface area contributed by atoms with Gasteiger partial charge in [-0.05, 0) is 43.5 Å². The van der Waals surface area contributed by atoms with Crippen molar-refractivity contribution in [3.05, 3.63) is 76.9 Å². The summed E-state index contributed by atoms with van der Waals surface area (Å²) >= 11 is 5.33. The summed E-state index contributed by atoms with van der Waals surface area (Å²) in [6.07, 6.45) is 3.15. The Bertz CT molecular complexity index is 709. The number of carbonyl (C=O) groups is 1. The molecule has 0 aliphatic heterocycles. The first-order valence-electron chi connectivity index (χ1n) is 7.13. The molecule has 0 fully saturated rings. The minimum atomic E-state index is -0.174. The van der Waals surface area contributed by atoms with Crippen LogP contribution in [0.1, 0.15) is 22.3 Å². The van der Waals surface area contributed by atoms with Crippen molar-refractivity contribution in [2.24, 2.45) is 0 Å². The van der Waals surface area contributed by atoms with Gasteiger partial charge in [-0.2, -0.15) is 0 Å². The van der Waals surface area contributed by atoms with Crippen molar-refractivity contribution in [2.45, 2.75) is 20.8 Å². The third kappa shape index (κ3) is 4.12. The van der Waals surface area contributed by atoms with Gasteiger partial charge in [-0.15, -0.1) is 0 Å².